The van der Waals surface area contributed by atoms with Gasteiger partial charge in [0.2, 0.25) is 0 Å². The van der Waals surface area contributed by atoms with Crippen molar-refractivity contribution < 1.29 is 17.9 Å². The van der Waals surface area contributed by atoms with E-state index in [2.05, 4.69) is 4.72 Å². The number of sulfonamides is 1. The lowest BCUT2D eigenvalue weighted by molar-refractivity contribution is 0.469. The fourth-order valence-electron chi connectivity index (χ4n) is 2.25. The summed E-state index contributed by atoms with van der Waals surface area (Å²) in [6.07, 6.45) is 0. The Labute approximate surface area is 139 Å². The lowest BCUT2D eigenvalue weighted by atomic mass is 10.1. The van der Waals surface area contributed by atoms with Crippen molar-refractivity contribution in [3.8, 4) is 16.9 Å². The normalized spacial score (nSPS) is 11.2. The van der Waals surface area contributed by atoms with Gasteiger partial charge in [-0.2, -0.15) is 0 Å². The van der Waals surface area contributed by atoms with Gasteiger partial charge < -0.3 is 5.11 Å². The summed E-state index contributed by atoms with van der Waals surface area (Å²) in [7, 11) is -3.92. The maximum atomic E-state index is 13.7. The van der Waals surface area contributed by atoms with Gasteiger partial charge in [0.1, 0.15) is 5.75 Å². The molecule has 3 rings (SSSR count). The number of benzene rings is 3. The topological polar surface area (TPSA) is 66.4 Å². The second kappa shape index (κ2) is 6.33. The van der Waals surface area contributed by atoms with Crippen molar-refractivity contribution in [1.29, 1.82) is 0 Å². The van der Waals surface area contributed by atoms with Crippen LogP contribution in [0, 0.1) is 5.82 Å². The lowest BCUT2D eigenvalue weighted by Crippen LogP contribution is -2.13. The van der Waals surface area contributed by atoms with E-state index in [0.29, 0.717) is 0 Å². The summed E-state index contributed by atoms with van der Waals surface area (Å²) in [5.41, 5.74) is 1.63. The van der Waals surface area contributed by atoms with Gasteiger partial charge in [-0.1, -0.05) is 42.5 Å². The quantitative estimate of drug-likeness (QED) is 0.704. The molecule has 4 nitrogen and oxygen atoms in total. The minimum atomic E-state index is -3.92. The third-order valence-corrected chi connectivity index (χ3v) is 4.85. The second-order valence-electron chi connectivity index (χ2n) is 5.16. The van der Waals surface area contributed by atoms with Crippen LogP contribution in [0.3, 0.4) is 0 Å². The molecule has 0 aliphatic heterocycles. The predicted molar refractivity (Wildman–Crippen MR) is 90.8 cm³/mol. The Bertz CT molecular complexity index is 955. The van der Waals surface area contributed by atoms with Crippen LogP contribution in [0.4, 0.5) is 10.1 Å². The molecule has 3 aromatic carbocycles. The Morgan fingerprint density at radius 1 is 0.833 bits per heavy atom. The number of aromatic hydroxyl groups is 1. The second-order valence-corrected chi connectivity index (χ2v) is 6.84. The first-order valence-electron chi connectivity index (χ1n) is 7.12. The number of anilines is 1. The number of phenols is 1. The zero-order chi connectivity index (χ0) is 17.2. The summed E-state index contributed by atoms with van der Waals surface area (Å²) >= 11 is 0. The van der Waals surface area contributed by atoms with Crippen molar-refractivity contribution in [3.05, 3.63) is 78.6 Å². The van der Waals surface area contributed by atoms with E-state index >= 15 is 0 Å². The van der Waals surface area contributed by atoms with E-state index < -0.39 is 15.8 Å². The summed E-state index contributed by atoms with van der Waals surface area (Å²) < 4.78 is 40.6. The maximum Gasteiger partial charge on any atom is 0.261 e. The maximum absolute atomic E-state index is 13.7. The van der Waals surface area contributed by atoms with Gasteiger partial charge in [-0.25, -0.2) is 12.8 Å². The van der Waals surface area contributed by atoms with Crippen LogP contribution in [-0.4, -0.2) is 13.5 Å². The van der Waals surface area contributed by atoms with Crippen molar-refractivity contribution >= 4 is 15.7 Å². The van der Waals surface area contributed by atoms with Crippen molar-refractivity contribution in [1.82, 2.24) is 0 Å². The van der Waals surface area contributed by atoms with E-state index in [1.54, 1.807) is 12.1 Å². The minimum Gasteiger partial charge on any atom is -0.508 e. The highest BCUT2D eigenvalue weighted by Crippen LogP contribution is 2.24. The zero-order valence-electron chi connectivity index (χ0n) is 12.5. The number of hydrogen-bond donors (Lipinski definition) is 2. The van der Waals surface area contributed by atoms with Gasteiger partial charge in [0.15, 0.2) is 5.82 Å². The molecule has 2 N–H and O–H groups in total. The highest BCUT2D eigenvalue weighted by Gasteiger charge is 2.16. The molecule has 0 fully saturated rings. The number of phenolic OH excluding ortho intramolecular Hbond substituents is 1. The van der Waals surface area contributed by atoms with Crippen LogP contribution in [0.2, 0.25) is 0 Å². The van der Waals surface area contributed by atoms with Crippen LogP contribution in [0.5, 0.6) is 5.75 Å². The summed E-state index contributed by atoms with van der Waals surface area (Å²) in [6, 6.07) is 19.1. The molecule has 0 saturated carbocycles. The van der Waals surface area contributed by atoms with Crippen LogP contribution in [0.15, 0.2) is 77.7 Å². The van der Waals surface area contributed by atoms with Gasteiger partial charge in [-0.15, -0.1) is 0 Å². The average molecular weight is 343 g/mol. The minimum absolute atomic E-state index is 0.0228. The lowest BCUT2D eigenvalue weighted by Gasteiger charge is -2.10. The average Bonchev–Trinajstić information content (AvgIpc) is 2.58. The largest absolute Gasteiger partial charge is 0.508 e. The molecule has 0 atom stereocenters. The molecule has 0 aliphatic carbocycles. The van der Waals surface area contributed by atoms with Gasteiger partial charge in [0.25, 0.3) is 10.0 Å². The van der Waals surface area contributed by atoms with E-state index in [1.165, 1.54) is 24.3 Å². The SMILES string of the molecule is O=S(=O)(Nc1ccc(O)cc1F)c1ccc(-c2ccccc2)cc1. The monoisotopic (exact) mass is 343 g/mol. The molecule has 0 heterocycles. The molecule has 0 spiro atoms. The standard InChI is InChI=1S/C18H14FNO3S/c19-17-12-15(21)8-11-18(17)20-24(22,23)16-9-6-14(7-10-16)13-4-2-1-3-5-13/h1-12,20-21H. The first-order chi connectivity index (χ1) is 11.5. The first-order valence-corrected chi connectivity index (χ1v) is 8.61. The van der Waals surface area contributed by atoms with Crippen LogP contribution >= 0.6 is 0 Å². The van der Waals surface area contributed by atoms with Gasteiger partial charge in [-0.05, 0) is 35.4 Å². The number of rotatable bonds is 4. The summed E-state index contributed by atoms with van der Waals surface area (Å²) in [6.45, 7) is 0. The first kappa shape index (κ1) is 16.0. The van der Waals surface area contributed by atoms with E-state index in [0.717, 1.165) is 17.2 Å². The molecular formula is C18H14FNO3S. The Morgan fingerprint density at radius 2 is 1.46 bits per heavy atom. The van der Waals surface area contributed by atoms with Gasteiger partial charge in [0.05, 0.1) is 10.6 Å². The fourth-order valence-corrected chi connectivity index (χ4v) is 3.31. The van der Waals surface area contributed by atoms with Crippen LogP contribution in [0.25, 0.3) is 11.1 Å². The molecule has 122 valence electrons. The summed E-state index contributed by atoms with van der Waals surface area (Å²) in [5.74, 6) is -1.12. The van der Waals surface area contributed by atoms with E-state index in [-0.39, 0.29) is 16.3 Å². The molecule has 0 bridgehead atoms. The fraction of sp³-hybridized carbons (Fsp3) is 0. The Kier molecular flexibility index (Phi) is 4.22. The highest BCUT2D eigenvalue weighted by molar-refractivity contribution is 7.92. The van der Waals surface area contributed by atoms with Crippen molar-refractivity contribution in [2.75, 3.05) is 4.72 Å². The molecule has 6 heteroatoms. The Balaban J connectivity index is 1.87. The molecule has 0 unspecified atom stereocenters. The van der Waals surface area contributed by atoms with Crippen molar-refractivity contribution in [2.45, 2.75) is 4.90 Å². The molecular weight excluding hydrogens is 329 g/mol. The predicted octanol–water partition coefficient (Wildman–Crippen LogP) is 4.00. The molecule has 0 saturated heterocycles. The third kappa shape index (κ3) is 3.38. The summed E-state index contributed by atoms with van der Waals surface area (Å²) in [5, 5.41) is 9.17. The Hall–Kier alpha value is -2.86. The molecule has 24 heavy (non-hydrogen) atoms. The number of hydrogen-bond acceptors (Lipinski definition) is 3. The van der Waals surface area contributed by atoms with E-state index in [9.17, 15) is 17.9 Å². The van der Waals surface area contributed by atoms with Crippen molar-refractivity contribution in [3.63, 3.8) is 0 Å². The molecule has 0 amide bonds. The van der Waals surface area contributed by atoms with Gasteiger partial charge in [0, 0.05) is 6.07 Å². The molecule has 3 aromatic rings. The zero-order valence-corrected chi connectivity index (χ0v) is 13.3. The molecule has 0 radical (unpaired) electrons. The van der Waals surface area contributed by atoms with Crippen LogP contribution in [-0.2, 0) is 10.0 Å². The van der Waals surface area contributed by atoms with Crippen LogP contribution in [0.1, 0.15) is 0 Å². The third-order valence-electron chi connectivity index (χ3n) is 3.47. The van der Waals surface area contributed by atoms with E-state index in [1.807, 2.05) is 30.3 Å². The van der Waals surface area contributed by atoms with Crippen molar-refractivity contribution in [2.24, 2.45) is 0 Å². The number of nitrogens with one attached hydrogen (secondary N) is 1. The van der Waals surface area contributed by atoms with Gasteiger partial charge in [-0.3, -0.25) is 4.72 Å². The Morgan fingerprint density at radius 3 is 2.08 bits per heavy atom. The molecule has 0 aromatic heterocycles. The smallest absolute Gasteiger partial charge is 0.261 e. The molecule has 0 aliphatic rings. The van der Waals surface area contributed by atoms with E-state index in [4.69, 9.17) is 0 Å². The highest BCUT2D eigenvalue weighted by atomic mass is 32.2. The van der Waals surface area contributed by atoms with Crippen LogP contribution < -0.4 is 4.72 Å². The van der Waals surface area contributed by atoms with Gasteiger partial charge >= 0.3 is 0 Å². The number of halogens is 1. The summed E-state index contributed by atoms with van der Waals surface area (Å²) in [4.78, 5) is 0.0228.